The Bertz CT molecular complexity index is 402. The van der Waals surface area contributed by atoms with Crippen LogP contribution >= 0.6 is 0 Å². The third-order valence-corrected chi connectivity index (χ3v) is 2.97. The minimum atomic E-state index is -0.401. The molecular weight excluding hydrogens is 221 g/mol. The molecule has 1 saturated heterocycles. The van der Waals surface area contributed by atoms with Crippen molar-refractivity contribution < 1.29 is 13.9 Å². The lowest BCUT2D eigenvalue weighted by Gasteiger charge is -2.19. The van der Waals surface area contributed by atoms with Crippen LogP contribution < -0.4 is 5.32 Å². The van der Waals surface area contributed by atoms with Gasteiger partial charge in [0.25, 0.3) is 5.91 Å². The molecule has 0 radical (unpaired) electrons. The topological polar surface area (TPSA) is 38.3 Å². The van der Waals surface area contributed by atoms with Gasteiger partial charge in [0.05, 0.1) is 12.1 Å². The molecule has 0 aromatic heterocycles. The van der Waals surface area contributed by atoms with Gasteiger partial charge in [0, 0.05) is 12.2 Å². The maximum absolute atomic E-state index is 13.0. The van der Waals surface area contributed by atoms with Gasteiger partial charge in [-0.3, -0.25) is 4.79 Å². The Labute approximate surface area is 100.0 Å². The number of benzene rings is 1. The van der Waals surface area contributed by atoms with Crippen LogP contribution in [0.25, 0.3) is 0 Å². The number of rotatable bonds is 3. The standard InChI is InChI=1S/C13H16FNO2/c1-9(12-6-3-7-17-12)15-13(16)10-4-2-5-11(14)8-10/h2,4-5,8-9,12H,3,6-7H2,1H3,(H,15,16)/t9-,12-/m1/s1. The van der Waals surface area contributed by atoms with E-state index in [1.807, 2.05) is 6.92 Å². The van der Waals surface area contributed by atoms with E-state index in [0.29, 0.717) is 5.56 Å². The molecule has 0 unspecified atom stereocenters. The molecule has 1 aromatic rings. The van der Waals surface area contributed by atoms with Crippen molar-refractivity contribution in [1.29, 1.82) is 0 Å². The van der Waals surface area contributed by atoms with Gasteiger partial charge in [-0.15, -0.1) is 0 Å². The molecule has 0 bridgehead atoms. The van der Waals surface area contributed by atoms with Crippen molar-refractivity contribution in [2.75, 3.05) is 6.61 Å². The van der Waals surface area contributed by atoms with E-state index in [-0.39, 0.29) is 18.1 Å². The van der Waals surface area contributed by atoms with E-state index >= 15 is 0 Å². The molecule has 1 aliphatic rings. The quantitative estimate of drug-likeness (QED) is 0.874. The molecule has 0 saturated carbocycles. The zero-order chi connectivity index (χ0) is 12.3. The van der Waals surface area contributed by atoms with Crippen LogP contribution in [0, 0.1) is 5.82 Å². The summed E-state index contributed by atoms with van der Waals surface area (Å²) in [5.41, 5.74) is 0.342. The summed E-state index contributed by atoms with van der Waals surface area (Å²) in [6.07, 6.45) is 2.07. The van der Waals surface area contributed by atoms with Gasteiger partial charge in [-0.2, -0.15) is 0 Å². The van der Waals surface area contributed by atoms with Gasteiger partial charge in [-0.1, -0.05) is 6.07 Å². The third kappa shape index (κ3) is 3.03. The normalized spacial score (nSPS) is 21.2. The van der Waals surface area contributed by atoms with Crippen LogP contribution in [0.2, 0.25) is 0 Å². The van der Waals surface area contributed by atoms with Gasteiger partial charge in [-0.05, 0) is 38.0 Å². The molecule has 0 aliphatic carbocycles. The molecule has 1 aromatic carbocycles. The Morgan fingerprint density at radius 3 is 3.06 bits per heavy atom. The number of halogens is 1. The Hall–Kier alpha value is -1.42. The summed E-state index contributed by atoms with van der Waals surface area (Å²) >= 11 is 0. The van der Waals surface area contributed by atoms with Crippen molar-refractivity contribution in [2.45, 2.75) is 31.9 Å². The first-order valence-corrected chi connectivity index (χ1v) is 5.85. The second kappa shape index (κ2) is 5.27. The van der Waals surface area contributed by atoms with E-state index < -0.39 is 5.82 Å². The minimum Gasteiger partial charge on any atom is -0.376 e. The summed E-state index contributed by atoms with van der Waals surface area (Å²) in [5, 5.41) is 2.83. The van der Waals surface area contributed by atoms with Crippen molar-refractivity contribution in [3.05, 3.63) is 35.6 Å². The summed E-state index contributed by atoms with van der Waals surface area (Å²) < 4.78 is 18.4. The first kappa shape index (κ1) is 12.0. The summed E-state index contributed by atoms with van der Waals surface area (Å²) in [7, 11) is 0. The fraction of sp³-hybridized carbons (Fsp3) is 0.462. The molecule has 1 heterocycles. The van der Waals surface area contributed by atoms with E-state index in [0.717, 1.165) is 19.4 Å². The lowest BCUT2D eigenvalue weighted by molar-refractivity contribution is 0.0712. The number of amides is 1. The number of hydrogen-bond acceptors (Lipinski definition) is 2. The van der Waals surface area contributed by atoms with Crippen molar-refractivity contribution >= 4 is 5.91 Å². The van der Waals surface area contributed by atoms with Crippen molar-refractivity contribution in [1.82, 2.24) is 5.32 Å². The first-order valence-electron chi connectivity index (χ1n) is 5.85. The van der Waals surface area contributed by atoms with E-state index in [1.54, 1.807) is 6.07 Å². The highest BCUT2D eigenvalue weighted by Crippen LogP contribution is 2.15. The minimum absolute atomic E-state index is 0.0479. The molecule has 1 amide bonds. The number of carbonyl (C=O) groups excluding carboxylic acids is 1. The predicted molar refractivity (Wildman–Crippen MR) is 62.3 cm³/mol. The number of ether oxygens (including phenoxy) is 1. The fourth-order valence-corrected chi connectivity index (χ4v) is 2.01. The van der Waals surface area contributed by atoms with E-state index in [1.165, 1.54) is 18.2 Å². The SMILES string of the molecule is C[C@@H](NC(=O)c1cccc(F)c1)[C@H]1CCCO1. The molecule has 3 nitrogen and oxygen atoms in total. The molecule has 1 aliphatic heterocycles. The maximum atomic E-state index is 13.0. The smallest absolute Gasteiger partial charge is 0.251 e. The van der Waals surface area contributed by atoms with Crippen LogP contribution in [0.15, 0.2) is 24.3 Å². The summed E-state index contributed by atoms with van der Waals surface area (Å²) in [5.74, 6) is -0.657. The molecule has 2 rings (SSSR count). The predicted octanol–water partition coefficient (Wildman–Crippen LogP) is 2.12. The molecule has 92 valence electrons. The highest BCUT2D eigenvalue weighted by molar-refractivity contribution is 5.94. The lowest BCUT2D eigenvalue weighted by atomic mass is 10.1. The molecule has 1 N–H and O–H groups in total. The Kier molecular flexibility index (Phi) is 3.74. The van der Waals surface area contributed by atoms with E-state index in [4.69, 9.17) is 4.74 Å². The monoisotopic (exact) mass is 237 g/mol. The van der Waals surface area contributed by atoms with Crippen molar-refractivity contribution in [2.24, 2.45) is 0 Å². The summed E-state index contributed by atoms with van der Waals surface area (Å²) in [6.45, 7) is 2.66. The Balaban J connectivity index is 1.96. The largest absolute Gasteiger partial charge is 0.376 e. The highest BCUT2D eigenvalue weighted by Gasteiger charge is 2.23. The van der Waals surface area contributed by atoms with Crippen molar-refractivity contribution in [3.63, 3.8) is 0 Å². The average molecular weight is 237 g/mol. The second-order valence-corrected chi connectivity index (χ2v) is 4.32. The molecule has 2 atom stereocenters. The van der Waals surface area contributed by atoms with Gasteiger partial charge in [0.15, 0.2) is 0 Å². The van der Waals surface area contributed by atoms with Gasteiger partial charge in [-0.25, -0.2) is 4.39 Å². The molecule has 4 heteroatoms. The van der Waals surface area contributed by atoms with Gasteiger partial charge < -0.3 is 10.1 Å². The first-order chi connectivity index (χ1) is 8.16. The zero-order valence-electron chi connectivity index (χ0n) is 9.78. The van der Waals surface area contributed by atoms with E-state index in [2.05, 4.69) is 5.32 Å². The Morgan fingerprint density at radius 2 is 2.41 bits per heavy atom. The van der Waals surface area contributed by atoms with Crippen LogP contribution in [0.5, 0.6) is 0 Å². The number of carbonyl (C=O) groups is 1. The molecule has 17 heavy (non-hydrogen) atoms. The molecule has 1 fully saturated rings. The van der Waals surface area contributed by atoms with Crippen LogP contribution in [0.3, 0.4) is 0 Å². The van der Waals surface area contributed by atoms with Gasteiger partial charge in [0.1, 0.15) is 5.82 Å². The second-order valence-electron chi connectivity index (χ2n) is 4.32. The summed E-state index contributed by atoms with van der Waals surface area (Å²) in [6, 6.07) is 5.63. The van der Waals surface area contributed by atoms with E-state index in [9.17, 15) is 9.18 Å². The van der Waals surface area contributed by atoms with Crippen LogP contribution in [-0.2, 0) is 4.74 Å². The number of nitrogens with one attached hydrogen (secondary N) is 1. The van der Waals surface area contributed by atoms with Gasteiger partial charge >= 0.3 is 0 Å². The summed E-state index contributed by atoms with van der Waals surface area (Å²) in [4.78, 5) is 11.8. The zero-order valence-corrected chi connectivity index (χ0v) is 9.78. The molecule has 0 spiro atoms. The van der Waals surface area contributed by atoms with Gasteiger partial charge in [0.2, 0.25) is 0 Å². The van der Waals surface area contributed by atoms with Crippen LogP contribution in [0.1, 0.15) is 30.1 Å². The lowest BCUT2D eigenvalue weighted by Crippen LogP contribution is -2.40. The molecular formula is C13H16FNO2. The third-order valence-electron chi connectivity index (χ3n) is 2.97. The van der Waals surface area contributed by atoms with Crippen molar-refractivity contribution in [3.8, 4) is 0 Å². The maximum Gasteiger partial charge on any atom is 0.251 e. The van der Waals surface area contributed by atoms with Crippen LogP contribution in [0.4, 0.5) is 4.39 Å². The van der Waals surface area contributed by atoms with Crippen LogP contribution in [-0.4, -0.2) is 24.7 Å². The number of hydrogen-bond donors (Lipinski definition) is 1. The highest BCUT2D eigenvalue weighted by atomic mass is 19.1. The fourth-order valence-electron chi connectivity index (χ4n) is 2.01. The average Bonchev–Trinajstić information content (AvgIpc) is 2.82. The Morgan fingerprint density at radius 1 is 1.59 bits per heavy atom.